The van der Waals surface area contributed by atoms with Gasteiger partial charge in [0.05, 0.1) is 0 Å². The van der Waals surface area contributed by atoms with Gasteiger partial charge in [0.25, 0.3) is 0 Å². The Morgan fingerprint density at radius 1 is 1.22 bits per heavy atom. The molecule has 2 heteroatoms. The zero-order valence-electron chi connectivity index (χ0n) is 11.7. The summed E-state index contributed by atoms with van der Waals surface area (Å²) < 4.78 is 0. The number of para-hydroxylation sites is 1. The highest BCUT2D eigenvalue weighted by atomic mass is 15.1. The second kappa shape index (κ2) is 5.15. The van der Waals surface area contributed by atoms with Crippen LogP contribution >= 0.6 is 0 Å². The maximum Gasteiger partial charge on any atom is 0.0359 e. The minimum absolute atomic E-state index is 0.317. The predicted molar refractivity (Wildman–Crippen MR) is 78.3 cm³/mol. The molecule has 1 heterocycles. The SMILES string of the molecule is CC(C)(C)C1=CCN(Cc2ccccc2N)CC1. The van der Waals surface area contributed by atoms with Gasteiger partial charge in [0.15, 0.2) is 0 Å². The van der Waals surface area contributed by atoms with Crippen LogP contribution in [0.5, 0.6) is 0 Å². The summed E-state index contributed by atoms with van der Waals surface area (Å²) in [6.07, 6.45) is 3.57. The van der Waals surface area contributed by atoms with Gasteiger partial charge in [-0.05, 0) is 23.5 Å². The van der Waals surface area contributed by atoms with Crippen LogP contribution in [-0.2, 0) is 6.54 Å². The van der Waals surface area contributed by atoms with Crippen LogP contribution in [0.3, 0.4) is 0 Å². The molecule has 0 amide bonds. The van der Waals surface area contributed by atoms with E-state index in [2.05, 4.69) is 43.9 Å². The second-order valence-corrected chi connectivity index (χ2v) is 6.16. The number of nitrogen functional groups attached to an aromatic ring is 1. The van der Waals surface area contributed by atoms with Crippen LogP contribution in [0.4, 0.5) is 5.69 Å². The molecule has 1 aliphatic rings. The standard InChI is InChI=1S/C16H24N2/c1-16(2,3)14-8-10-18(11-9-14)12-13-6-4-5-7-15(13)17/h4-8H,9-12,17H2,1-3H3. The first-order valence-corrected chi connectivity index (χ1v) is 6.72. The molecule has 1 aromatic carbocycles. The number of hydrogen-bond donors (Lipinski definition) is 1. The minimum Gasteiger partial charge on any atom is -0.398 e. The summed E-state index contributed by atoms with van der Waals surface area (Å²) in [5.41, 5.74) is 10.0. The molecule has 2 rings (SSSR count). The van der Waals surface area contributed by atoms with Crippen LogP contribution in [0, 0.1) is 5.41 Å². The molecule has 0 fully saturated rings. The number of rotatable bonds is 2. The molecule has 0 bridgehead atoms. The van der Waals surface area contributed by atoms with Crippen molar-refractivity contribution in [1.82, 2.24) is 4.90 Å². The van der Waals surface area contributed by atoms with Crippen LogP contribution in [0.2, 0.25) is 0 Å². The molecule has 98 valence electrons. The van der Waals surface area contributed by atoms with Crippen molar-refractivity contribution < 1.29 is 0 Å². The van der Waals surface area contributed by atoms with Gasteiger partial charge in [-0.3, -0.25) is 4.90 Å². The number of hydrogen-bond acceptors (Lipinski definition) is 2. The van der Waals surface area contributed by atoms with Gasteiger partial charge in [-0.2, -0.15) is 0 Å². The fourth-order valence-electron chi connectivity index (χ4n) is 2.46. The Hall–Kier alpha value is -1.28. The summed E-state index contributed by atoms with van der Waals surface area (Å²) >= 11 is 0. The molecule has 0 unspecified atom stereocenters. The highest BCUT2D eigenvalue weighted by Gasteiger charge is 2.21. The van der Waals surface area contributed by atoms with Crippen molar-refractivity contribution in [2.45, 2.75) is 33.7 Å². The maximum absolute atomic E-state index is 5.99. The van der Waals surface area contributed by atoms with Gasteiger partial charge in [-0.15, -0.1) is 0 Å². The lowest BCUT2D eigenvalue weighted by Crippen LogP contribution is -2.31. The molecule has 0 saturated carbocycles. The lowest BCUT2D eigenvalue weighted by Gasteiger charge is -2.32. The van der Waals surface area contributed by atoms with E-state index in [-0.39, 0.29) is 0 Å². The Kier molecular flexibility index (Phi) is 3.76. The molecule has 0 saturated heterocycles. The molecule has 0 spiro atoms. The normalized spacial score (nSPS) is 17.6. The van der Waals surface area contributed by atoms with Gasteiger partial charge in [-0.25, -0.2) is 0 Å². The van der Waals surface area contributed by atoms with Crippen molar-refractivity contribution in [2.75, 3.05) is 18.8 Å². The van der Waals surface area contributed by atoms with Gasteiger partial charge >= 0.3 is 0 Å². The molecular weight excluding hydrogens is 220 g/mol. The third-order valence-corrected chi connectivity index (χ3v) is 3.71. The number of nitrogens with two attached hydrogens (primary N) is 1. The summed E-state index contributed by atoms with van der Waals surface area (Å²) in [7, 11) is 0. The van der Waals surface area contributed by atoms with Crippen LogP contribution < -0.4 is 5.73 Å². The first kappa shape index (κ1) is 13.2. The predicted octanol–water partition coefficient (Wildman–Crippen LogP) is 3.45. The maximum atomic E-state index is 5.99. The van der Waals surface area contributed by atoms with E-state index >= 15 is 0 Å². The molecule has 0 aromatic heterocycles. The molecule has 2 N–H and O–H groups in total. The van der Waals surface area contributed by atoms with Crippen molar-refractivity contribution in [1.29, 1.82) is 0 Å². The van der Waals surface area contributed by atoms with Crippen molar-refractivity contribution >= 4 is 5.69 Å². The topological polar surface area (TPSA) is 29.3 Å². The number of nitrogens with zero attached hydrogens (tertiary/aromatic N) is 1. The molecule has 2 nitrogen and oxygen atoms in total. The molecular formula is C16H24N2. The van der Waals surface area contributed by atoms with E-state index in [1.165, 1.54) is 12.0 Å². The Bertz CT molecular complexity index is 441. The van der Waals surface area contributed by atoms with E-state index < -0.39 is 0 Å². The van der Waals surface area contributed by atoms with Crippen molar-refractivity contribution in [3.63, 3.8) is 0 Å². The largest absolute Gasteiger partial charge is 0.398 e. The zero-order chi connectivity index (χ0) is 13.2. The molecule has 0 radical (unpaired) electrons. The van der Waals surface area contributed by atoms with E-state index in [4.69, 9.17) is 5.73 Å². The average molecular weight is 244 g/mol. The highest BCUT2D eigenvalue weighted by molar-refractivity contribution is 5.46. The lowest BCUT2D eigenvalue weighted by molar-refractivity contribution is 0.272. The van der Waals surface area contributed by atoms with Crippen molar-refractivity contribution in [2.24, 2.45) is 5.41 Å². The van der Waals surface area contributed by atoms with Crippen LogP contribution in [0.15, 0.2) is 35.9 Å². The fraction of sp³-hybridized carbons (Fsp3) is 0.500. The van der Waals surface area contributed by atoms with Gasteiger partial charge in [0, 0.05) is 25.3 Å². The fourth-order valence-corrected chi connectivity index (χ4v) is 2.46. The first-order valence-electron chi connectivity index (χ1n) is 6.72. The van der Waals surface area contributed by atoms with E-state index in [9.17, 15) is 0 Å². The van der Waals surface area contributed by atoms with Crippen LogP contribution in [0.25, 0.3) is 0 Å². The monoisotopic (exact) mass is 244 g/mol. The molecule has 1 aliphatic heterocycles. The summed E-state index contributed by atoms with van der Waals surface area (Å²) in [6.45, 7) is 10.0. The van der Waals surface area contributed by atoms with E-state index in [1.54, 1.807) is 5.57 Å². The van der Waals surface area contributed by atoms with Crippen LogP contribution in [-0.4, -0.2) is 18.0 Å². The Morgan fingerprint density at radius 3 is 2.50 bits per heavy atom. The zero-order valence-corrected chi connectivity index (χ0v) is 11.7. The Balaban J connectivity index is 1.99. The van der Waals surface area contributed by atoms with Gasteiger partial charge in [0.2, 0.25) is 0 Å². The molecule has 0 atom stereocenters. The van der Waals surface area contributed by atoms with E-state index in [0.717, 1.165) is 25.3 Å². The Morgan fingerprint density at radius 2 is 1.94 bits per heavy atom. The summed E-state index contributed by atoms with van der Waals surface area (Å²) in [6, 6.07) is 8.16. The summed E-state index contributed by atoms with van der Waals surface area (Å²) in [5, 5.41) is 0. The summed E-state index contributed by atoms with van der Waals surface area (Å²) in [4.78, 5) is 2.46. The van der Waals surface area contributed by atoms with Gasteiger partial charge in [0.1, 0.15) is 0 Å². The average Bonchev–Trinajstić information content (AvgIpc) is 2.32. The quantitative estimate of drug-likeness (QED) is 0.638. The van der Waals surface area contributed by atoms with Gasteiger partial charge in [-0.1, -0.05) is 50.6 Å². The third kappa shape index (κ3) is 3.14. The first-order chi connectivity index (χ1) is 8.47. The van der Waals surface area contributed by atoms with Crippen molar-refractivity contribution in [3.05, 3.63) is 41.5 Å². The highest BCUT2D eigenvalue weighted by Crippen LogP contribution is 2.30. The number of benzene rings is 1. The second-order valence-electron chi connectivity index (χ2n) is 6.16. The number of anilines is 1. The van der Waals surface area contributed by atoms with E-state index in [1.807, 2.05) is 12.1 Å². The molecule has 1 aromatic rings. The van der Waals surface area contributed by atoms with Crippen LogP contribution in [0.1, 0.15) is 32.8 Å². The molecule has 18 heavy (non-hydrogen) atoms. The minimum atomic E-state index is 0.317. The lowest BCUT2D eigenvalue weighted by atomic mass is 9.83. The van der Waals surface area contributed by atoms with Crippen molar-refractivity contribution in [3.8, 4) is 0 Å². The smallest absolute Gasteiger partial charge is 0.0359 e. The molecule has 0 aliphatic carbocycles. The Labute approximate surface area is 110 Å². The van der Waals surface area contributed by atoms with Gasteiger partial charge < -0.3 is 5.73 Å². The van der Waals surface area contributed by atoms with E-state index in [0.29, 0.717) is 5.41 Å². The summed E-state index contributed by atoms with van der Waals surface area (Å²) in [5.74, 6) is 0. The third-order valence-electron chi connectivity index (χ3n) is 3.71.